The minimum Gasteiger partial charge on any atom is -0.444 e. The van der Waals surface area contributed by atoms with Gasteiger partial charge >= 0.3 is 6.09 Å². The first-order valence-electron chi connectivity index (χ1n) is 15.3. The molecule has 0 radical (unpaired) electrons. The minimum absolute atomic E-state index is 0.0369. The molecule has 1 aromatic carbocycles. The third kappa shape index (κ3) is 8.32. The summed E-state index contributed by atoms with van der Waals surface area (Å²) in [5.41, 5.74) is -2.25. The van der Waals surface area contributed by atoms with Gasteiger partial charge in [0.25, 0.3) is 15.9 Å². The molecule has 3 aliphatic rings. The normalized spacial score (nSPS) is 27.6. The second kappa shape index (κ2) is 13.9. The SMILES string of the molecule is CC(C)(C)OC(=O)NC1CCCCCCC/C=C\[C@H]2C[C@@]2(C(=O)NS(=O)(=O)c2ccccc2Cl)NC(=O)[C@@H]2CCCN2C1=O. The van der Waals surface area contributed by atoms with Crippen LogP contribution < -0.4 is 15.4 Å². The molecular formula is C31H43ClN4O7S. The van der Waals surface area contributed by atoms with E-state index in [9.17, 15) is 27.6 Å². The summed E-state index contributed by atoms with van der Waals surface area (Å²) in [7, 11) is -4.32. The zero-order chi connectivity index (χ0) is 32.1. The summed E-state index contributed by atoms with van der Waals surface area (Å²) in [4.78, 5) is 55.0. The lowest BCUT2D eigenvalue weighted by Crippen LogP contribution is -2.58. The summed E-state index contributed by atoms with van der Waals surface area (Å²) in [5, 5.41) is 5.50. The van der Waals surface area contributed by atoms with Crippen molar-refractivity contribution in [2.24, 2.45) is 5.92 Å². The molecule has 4 rings (SSSR count). The number of halogens is 1. The van der Waals surface area contributed by atoms with Crippen LogP contribution in [0.4, 0.5) is 4.79 Å². The zero-order valence-corrected chi connectivity index (χ0v) is 27.1. The predicted molar refractivity (Wildman–Crippen MR) is 165 cm³/mol. The number of carbonyl (C=O) groups excluding carboxylic acids is 4. The Hall–Kier alpha value is -3.12. The number of nitrogens with zero attached hydrogens (tertiary/aromatic N) is 1. The first-order valence-corrected chi connectivity index (χ1v) is 17.2. The lowest BCUT2D eigenvalue weighted by atomic mass is 10.0. The molecule has 0 aromatic heterocycles. The Morgan fingerprint density at radius 2 is 1.75 bits per heavy atom. The quantitative estimate of drug-likeness (QED) is 0.413. The van der Waals surface area contributed by atoms with Crippen molar-refractivity contribution < 1.29 is 32.3 Å². The number of nitrogens with one attached hydrogen (secondary N) is 3. The third-order valence-electron chi connectivity index (χ3n) is 8.18. The van der Waals surface area contributed by atoms with E-state index in [0.29, 0.717) is 25.8 Å². The standard InChI is InChI=1S/C31H43ClN4O7S/c1-30(2,3)43-29(40)33-23-16-10-8-6-4-5-7-9-14-21-20-31(21,34-26(37)24-17-13-19-36(24)27(23)38)28(39)35-44(41,42)25-18-12-11-15-22(25)32/h9,11-12,14-15,18,21,23-24H,4-8,10,13,16-17,19-20H2,1-3H3,(H,33,40)(H,34,37)(H,35,39)/b14-9-/t21-,23?,24-,31+/m0/s1. The Kier molecular flexibility index (Phi) is 10.7. The van der Waals surface area contributed by atoms with Crippen LogP contribution >= 0.6 is 11.6 Å². The maximum atomic E-state index is 13.8. The maximum Gasteiger partial charge on any atom is 0.408 e. The molecule has 4 atom stereocenters. The molecule has 11 nitrogen and oxygen atoms in total. The summed E-state index contributed by atoms with van der Waals surface area (Å²) >= 11 is 6.10. The Bertz CT molecular complexity index is 1390. The van der Waals surface area contributed by atoms with Gasteiger partial charge in [-0.2, -0.15) is 0 Å². The van der Waals surface area contributed by atoms with Gasteiger partial charge in [-0.1, -0.05) is 61.6 Å². The van der Waals surface area contributed by atoms with Gasteiger partial charge in [0.15, 0.2) is 0 Å². The molecule has 4 amide bonds. The van der Waals surface area contributed by atoms with Gasteiger partial charge in [-0.15, -0.1) is 0 Å². The average Bonchev–Trinajstić information content (AvgIpc) is 3.39. The third-order valence-corrected chi connectivity index (χ3v) is 10.0. The van der Waals surface area contributed by atoms with Gasteiger partial charge in [0.05, 0.1) is 5.02 Å². The van der Waals surface area contributed by atoms with Gasteiger partial charge in [-0.05, 0) is 71.4 Å². The highest BCUT2D eigenvalue weighted by molar-refractivity contribution is 7.90. The molecule has 1 saturated carbocycles. The number of sulfonamides is 1. The lowest BCUT2D eigenvalue weighted by Gasteiger charge is -2.30. The van der Waals surface area contributed by atoms with E-state index in [1.54, 1.807) is 26.8 Å². The molecule has 2 fully saturated rings. The molecule has 44 heavy (non-hydrogen) atoms. The van der Waals surface area contributed by atoms with Crippen LogP contribution in [0.15, 0.2) is 41.3 Å². The van der Waals surface area contributed by atoms with Crippen LogP contribution in [0.25, 0.3) is 0 Å². The van der Waals surface area contributed by atoms with Crippen molar-refractivity contribution in [3.8, 4) is 0 Å². The number of allylic oxidation sites excluding steroid dienone is 1. The molecule has 1 aliphatic carbocycles. The highest BCUT2D eigenvalue weighted by atomic mass is 35.5. The summed E-state index contributed by atoms with van der Waals surface area (Å²) < 4.78 is 33.7. The van der Waals surface area contributed by atoms with E-state index in [4.69, 9.17) is 16.3 Å². The Morgan fingerprint density at radius 3 is 2.48 bits per heavy atom. The van der Waals surface area contributed by atoms with Crippen LogP contribution in [-0.4, -0.2) is 66.9 Å². The smallest absolute Gasteiger partial charge is 0.408 e. The summed E-state index contributed by atoms with van der Waals surface area (Å²) in [5.74, 6) is -2.21. The first kappa shape index (κ1) is 33.8. The number of alkyl carbamates (subject to hydrolysis) is 1. The number of hydrogen-bond acceptors (Lipinski definition) is 7. The summed E-state index contributed by atoms with van der Waals surface area (Å²) in [6.07, 6.45) is 9.90. The van der Waals surface area contributed by atoms with Crippen molar-refractivity contribution in [3.63, 3.8) is 0 Å². The fourth-order valence-corrected chi connectivity index (χ4v) is 7.39. The molecule has 2 heterocycles. The zero-order valence-electron chi connectivity index (χ0n) is 25.6. The molecular weight excluding hydrogens is 608 g/mol. The van der Waals surface area contributed by atoms with Crippen molar-refractivity contribution >= 4 is 45.4 Å². The van der Waals surface area contributed by atoms with Crippen LogP contribution in [0.3, 0.4) is 0 Å². The van der Waals surface area contributed by atoms with E-state index in [1.165, 1.54) is 23.1 Å². The second-order valence-corrected chi connectivity index (χ2v) is 14.9. The van der Waals surface area contributed by atoms with Crippen molar-refractivity contribution in [1.82, 2.24) is 20.3 Å². The van der Waals surface area contributed by atoms with Gasteiger partial charge in [0.1, 0.15) is 28.1 Å². The van der Waals surface area contributed by atoms with Gasteiger partial charge in [0, 0.05) is 12.5 Å². The van der Waals surface area contributed by atoms with Crippen molar-refractivity contribution in [2.45, 2.75) is 113 Å². The monoisotopic (exact) mass is 650 g/mol. The highest BCUT2D eigenvalue weighted by Crippen LogP contribution is 2.46. The number of carbonyl (C=O) groups is 4. The van der Waals surface area contributed by atoms with E-state index in [0.717, 1.165) is 38.5 Å². The minimum atomic E-state index is -4.32. The number of benzene rings is 1. The fraction of sp³-hybridized carbons (Fsp3) is 0.613. The lowest BCUT2D eigenvalue weighted by molar-refractivity contribution is -0.141. The van der Waals surface area contributed by atoms with Crippen LogP contribution in [0, 0.1) is 5.92 Å². The van der Waals surface area contributed by atoms with E-state index < -0.39 is 57.1 Å². The van der Waals surface area contributed by atoms with E-state index in [2.05, 4.69) is 15.4 Å². The van der Waals surface area contributed by atoms with Gasteiger partial charge in [-0.25, -0.2) is 17.9 Å². The second-order valence-electron chi connectivity index (χ2n) is 12.8. The number of ether oxygens (including phenoxy) is 1. The van der Waals surface area contributed by atoms with Gasteiger partial charge in [0.2, 0.25) is 11.8 Å². The molecule has 0 spiro atoms. The van der Waals surface area contributed by atoms with Crippen molar-refractivity contribution in [2.75, 3.05) is 6.54 Å². The summed E-state index contributed by atoms with van der Waals surface area (Å²) in [6.45, 7) is 5.53. The van der Waals surface area contributed by atoms with E-state index >= 15 is 0 Å². The summed E-state index contributed by atoms with van der Waals surface area (Å²) in [6, 6.07) is 4.03. The molecule has 1 saturated heterocycles. The fourth-order valence-electron chi connectivity index (χ4n) is 5.83. The Labute approximate surface area is 264 Å². The molecule has 1 unspecified atom stereocenters. The highest BCUT2D eigenvalue weighted by Gasteiger charge is 2.61. The number of rotatable bonds is 4. The van der Waals surface area contributed by atoms with Gasteiger partial charge < -0.3 is 20.3 Å². The van der Waals surface area contributed by atoms with Gasteiger partial charge in [-0.3, -0.25) is 14.4 Å². The topological polar surface area (TPSA) is 151 Å². The van der Waals surface area contributed by atoms with Crippen molar-refractivity contribution in [3.05, 3.63) is 41.4 Å². The van der Waals surface area contributed by atoms with Crippen LogP contribution in [0.1, 0.15) is 85.0 Å². The van der Waals surface area contributed by atoms with Crippen LogP contribution in [0.5, 0.6) is 0 Å². The number of fused-ring (bicyclic) bond motifs is 2. The molecule has 242 valence electrons. The molecule has 3 N–H and O–H groups in total. The van der Waals surface area contributed by atoms with E-state index in [1.807, 2.05) is 12.2 Å². The molecule has 1 aromatic rings. The average molecular weight is 651 g/mol. The van der Waals surface area contributed by atoms with Crippen LogP contribution in [0.2, 0.25) is 5.02 Å². The largest absolute Gasteiger partial charge is 0.444 e. The molecule has 2 aliphatic heterocycles. The first-order chi connectivity index (χ1) is 20.7. The maximum absolute atomic E-state index is 13.8. The van der Waals surface area contributed by atoms with Crippen LogP contribution in [-0.2, 0) is 29.1 Å². The predicted octanol–water partition coefficient (Wildman–Crippen LogP) is 4.20. The Balaban J connectivity index is 1.58. The Morgan fingerprint density at radius 1 is 1.05 bits per heavy atom. The number of hydrogen-bond donors (Lipinski definition) is 3. The van der Waals surface area contributed by atoms with Crippen molar-refractivity contribution in [1.29, 1.82) is 0 Å². The molecule has 0 bridgehead atoms. The number of amides is 4. The molecule has 13 heteroatoms. The van der Waals surface area contributed by atoms with E-state index in [-0.39, 0.29) is 22.2 Å².